The topological polar surface area (TPSA) is 58.2 Å². The van der Waals surface area contributed by atoms with Crippen LogP contribution in [-0.4, -0.2) is 17.9 Å². The number of rotatable bonds is 7. The van der Waals surface area contributed by atoms with Gasteiger partial charge in [0.2, 0.25) is 5.91 Å². The van der Waals surface area contributed by atoms with E-state index in [4.69, 9.17) is 0 Å². The van der Waals surface area contributed by atoms with Gasteiger partial charge in [0.1, 0.15) is 0 Å². The minimum absolute atomic E-state index is 0.0528. The van der Waals surface area contributed by atoms with Crippen LogP contribution in [0.25, 0.3) is 0 Å². The average molecular weight is 314 g/mol. The average Bonchev–Trinajstić information content (AvgIpc) is 3.06. The van der Waals surface area contributed by atoms with Crippen molar-refractivity contribution in [2.45, 2.75) is 52.1 Å². The van der Waals surface area contributed by atoms with Crippen molar-refractivity contribution in [3.8, 4) is 0 Å². The predicted molar refractivity (Wildman–Crippen MR) is 92.0 cm³/mol. The maximum absolute atomic E-state index is 12.0. The van der Waals surface area contributed by atoms with Crippen LogP contribution in [0.1, 0.15) is 55.5 Å². The Morgan fingerprint density at radius 2 is 2.00 bits per heavy atom. The van der Waals surface area contributed by atoms with Crippen LogP contribution in [0.15, 0.2) is 36.4 Å². The molecule has 2 rings (SSSR count). The lowest BCUT2D eigenvalue weighted by molar-refractivity contribution is -0.121. The van der Waals surface area contributed by atoms with Crippen LogP contribution in [0.4, 0.5) is 0 Å². The highest BCUT2D eigenvalue weighted by molar-refractivity contribution is 5.94. The van der Waals surface area contributed by atoms with E-state index in [1.54, 1.807) is 12.1 Å². The van der Waals surface area contributed by atoms with Crippen LogP contribution in [0, 0.1) is 5.92 Å². The Bertz CT molecular complexity index is 563. The monoisotopic (exact) mass is 314 g/mol. The molecule has 2 N–H and O–H groups in total. The molecule has 1 aliphatic rings. The van der Waals surface area contributed by atoms with Gasteiger partial charge in [0.25, 0.3) is 5.91 Å². The maximum atomic E-state index is 12.0. The second-order valence-electron chi connectivity index (χ2n) is 6.23. The van der Waals surface area contributed by atoms with E-state index < -0.39 is 0 Å². The van der Waals surface area contributed by atoms with Gasteiger partial charge in [0.05, 0.1) is 0 Å². The van der Waals surface area contributed by atoms with Gasteiger partial charge in [0, 0.05) is 24.6 Å². The van der Waals surface area contributed by atoms with Crippen molar-refractivity contribution in [1.82, 2.24) is 10.6 Å². The third-order valence-electron chi connectivity index (χ3n) is 4.26. The summed E-state index contributed by atoms with van der Waals surface area (Å²) in [7, 11) is 0. The lowest BCUT2D eigenvalue weighted by Gasteiger charge is -2.12. The van der Waals surface area contributed by atoms with Crippen molar-refractivity contribution in [3.63, 3.8) is 0 Å². The number of hydrogen-bond acceptors (Lipinski definition) is 2. The number of carbonyl (C=O) groups is 2. The Hall–Kier alpha value is -2.10. The van der Waals surface area contributed by atoms with Gasteiger partial charge < -0.3 is 10.6 Å². The molecule has 23 heavy (non-hydrogen) atoms. The molecule has 0 bridgehead atoms. The van der Waals surface area contributed by atoms with Crippen molar-refractivity contribution in [1.29, 1.82) is 0 Å². The highest BCUT2D eigenvalue weighted by Gasteiger charge is 2.13. The number of amides is 2. The van der Waals surface area contributed by atoms with Crippen molar-refractivity contribution in [2.75, 3.05) is 0 Å². The van der Waals surface area contributed by atoms with Crippen LogP contribution < -0.4 is 10.6 Å². The Morgan fingerprint density at radius 3 is 2.61 bits per heavy atom. The molecule has 2 atom stereocenters. The van der Waals surface area contributed by atoms with Crippen LogP contribution >= 0.6 is 0 Å². The Morgan fingerprint density at radius 1 is 1.26 bits per heavy atom. The molecule has 4 heteroatoms. The van der Waals surface area contributed by atoms with Crippen molar-refractivity contribution in [3.05, 3.63) is 47.5 Å². The number of hydrogen-bond donors (Lipinski definition) is 2. The lowest BCUT2D eigenvalue weighted by atomic mass is 10.0. The summed E-state index contributed by atoms with van der Waals surface area (Å²) in [5.74, 6) is 0.421. The summed E-state index contributed by atoms with van der Waals surface area (Å²) < 4.78 is 0. The summed E-state index contributed by atoms with van der Waals surface area (Å²) in [5, 5.41) is 5.88. The van der Waals surface area contributed by atoms with Gasteiger partial charge in [-0.3, -0.25) is 9.59 Å². The third-order valence-corrected chi connectivity index (χ3v) is 4.26. The van der Waals surface area contributed by atoms with E-state index >= 15 is 0 Å². The standard InChI is InChI=1S/C19H26N2O2/c1-3-14(2)21-19(23)17-10-8-16(9-11-17)13-20-18(22)12-15-6-4-5-7-15/h4,6,8-11,14-15H,3,5,7,12-13H2,1-2H3,(H,20,22)(H,21,23). The molecule has 1 aromatic carbocycles. The number of benzene rings is 1. The van der Waals surface area contributed by atoms with E-state index in [1.165, 1.54) is 0 Å². The summed E-state index contributed by atoms with van der Waals surface area (Å²) in [5.41, 5.74) is 1.65. The molecule has 1 aliphatic carbocycles. The van der Waals surface area contributed by atoms with Gasteiger partial charge in [-0.1, -0.05) is 31.2 Å². The first-order chi connectivity index (χ1) is 11.1. The zero-order chi connectivity index (χ0) is 16.7. The van der Waals surface area contributed by atoms with Crippen LogP contribution in [0.5, 0.6) is 0 Å². The van der Waals surface area contributed by atoms with Crippen LogP contribution in [0.3, 0.4) is 0 Å². The van der Waals surface area contributed by atoms with Crippen LogP contribution in [0.2, 0.25) is 0 Å². The Labute approximate surface area is 138 Å². The Balaban J connectivity index is 1.79. The zero-order valence-corrected chi connectivity index (χ0v) is 14.0. The van der Waals surface area contributed by atoms with E-state index in [-0.39, 0.29) is 17.9 Å². The first-order valence-electron chi connectivity index (χ1n) is 8.41. The highest BCUT2D eigenvalue weighted by Crippen LogP contribution is 2.20. The quantitative estimate of drug-likeness (QED) is 0.759. The summed E-state index contributed by atoms with van der Waals surface area (Å²) in [6, 6.07) is 7.56. The molecule has 0 heterocycles. The first kappa shape index (κ1) is 17.3. The van der Waals surface area contributed by atoms with Gasteiger partial charge in [-0.15, -0.1) is 0 Å². The summed E-state index contributed by atoms with van der Waals surface area (Å²) in [4.78, 5) is 23.9. The molecule has 2 amide bonds. The van der Waals surface area contributed by atoms with E-state index in [0.29, 0.717) is 24.4 Å². The lowest BCUT2D eigenvalue weighted by Crippen LogP contribution is -2.31. The number of nitrogens with one attached hydrogen (secondary N) is 2. The zero-order valence-electron chi connectivity index (χ0n) is 14.0. The fraction of sp³-hybridized carbons (Fsp3) is 0.474. The molecule has 1 aromatic rings. The normalized spacial score (nSPS) is 17.7. The van der Waals surface area contributed by atoms with Crippen molar-refractivity contribution < 1.29 is 9.59 Å². The molecule has 0 aromatic heterocycles. The molecular formula is C19H26N2O2. The minimum Gasteiger partial charge on any atom is -0.352 e. The van der Waals surface area contributed by atoms with E-state index in [0.717, 1.165) is 24.8 Å². The molecule has 0 saturated heterocycles. The molecule has 4 nitrogen and oxygen atoms in total. The molecule has 0 radical (unpaired) electrons. The summed E-state index contributed by atoms with van der Waals surface area (Å²) in [6.45, 7) is 4.53. The van der Waals surface area contributed by atoms with Gasteiger partial charge in [0.15, 0.2) is 0 Å². The maximum Gasteiger partial charge on any atom is 0.251 e. The van der Waals surface area contributed by atoms with Gasteiger partial charge >= 0.3 is 0 Å². The SMILES string of the molecule is CCC(C)NC(=O)c1ccc(CNC(=O)CC2C=CCC2)cc1. The van der Waals surface area contributed by atoms with Gasteiger partial charge in [-0.05, 0) is 49.8 Å². The Kier molecular flexibility index (Phi) is 6.39. The molecule has 124 valence electrons. The second-order valence-corrected chi connectivity index (χ2v) is 6.23. The summed E-state index contributed by atoms with van der Waals surface area (Å²) >= 11 is 0. The van der Waals surface area contributed by atoms with Crippen molar-refractivity contribution >= 4 is 11.8 Å². The largest absolute Gasteiger partial charge is 0.352 e. The number of allylic oxidation sites excluding steroid dienone is 2. The summed E-state index contributed by atoms with van der Waals surface area (Å²) in [6.07, 6.45) is 7.90. The molecular weight excluding hydrogens is 288 g/mol. The van der Waals surface area contributed by atoms with E-state index in [2.05, 4.69) is 22.8 Å². The highest BCUT2D eigenvalue weighted by atomic mass is 16.2. The molecule has 2 unspecified atom stereocenters. The smallest absolute Gasteiger partial charge is 0.251 e. The molecule has 0 aliphatic heterocycles. The van der Waals surface area contributed by atoms with Gasteiger partial charge in [-0.25, -0.2) is 0 Å². The van der Waals surface area contributed by atoms with E-state index in [9.17, 15) is 9.59 Å². The third kappa shape index (κ3) is 5.55. The van der Waals surface area contributed by atoms with E-state index in [1.807, 2.05) is 26.0 Å². The number of carbonyl (C=O) groups excluding carboxylic acids is 2. The molecule has 0 spiro atoms. The fourth-order valence-corrected chi connectivity index (χ4v) is 2.56. The van der Waals surface area contributed by atoms with Gasteiger partial charge in [-0.2, -0.15) is 0 Å². The molecule has 0 fully saturated rings. The van der Waals surface area contributed by atoms with Crippen LogP contribution in [-0.2, 0) is 11.3 Å². The first-order valence-corrected chi connectivity index (χ1v) is 8.41. The molecule has 0 saturated carbocycles. The predicted octanol–water partition coefficient (Wildman–Crippen LogP) is 3.19. The fourth-order valence-electron chi connectivity index (χ4n) is 2.56. The van der Waals surface area contributed by atoms with Crippen molar-refractivity contribution in [2.24, 2.45) is 5.92 Å². The minimum atomic E-state index is -0.0528. The second kappa shape index (κ2) is 8.51.